The fourth-order valence-electron chi connectivity index (χ4n) is 2.79. The van der Waals surface area contributed by atoms with Gasteiger partial charge >= 0.3 is 18.0 Å². The highest BCUT2D eigenvalue weighted by Gasteiger charge is 2.28. The minimum Gasteiger partial charge on any atom is -0.467 e. The maximum absolute atomic E-state index is 12.4. The summed E-state index contributed by atoms with van der Waals surface area (Å²) in [6, 6.07) is 18.1. The first-order valence-corrected chi connectivity index (χ1v) is 9.25. The van der Waals surface area contributed by atoms with Gasteiger partial charge in [-0.15, -0.1) is 0 Å². The highest BCUT2D eigenvalue weighted by Crippen LogP contribution is 2.26. The third-order valence-corrected chi connectivity index (χ3v) is 4.26. The number of hydrogen-bond acceptors (Lipinski definition) is 7. The molecule has 1 atom stereocenters. The van der Waals surface area contributed by atoms with Crippen LogP contribution in [0.25, 0.3) is 0 Å². The van der Waals surface area contributed by atoms with Crippen molar-refractivity contribution in [3.8, 4) is 5.95 Å². The van der Waals surface area contributed by atoms with Crippen LogP contribution in [-0.2, 0) is 22.5 Å². The van der Waals surface area contributed by atoms with Crippen molar-refractivity contribution in [2.45, 2.75) is 19.1 Å². The van der Waals surface area contributed by atoms with Gasteiger partial charge in [-0.05, 0) is 11.1 Å². The van der Waals surface area contributed by atoms with E-state index in [4.69, 9.17) is 18.6 Å². The quantitative estimate of drug-likeness (QED) is 0.566. The number of rotatable bonds is 8. The number of nitrogens with one attached hydrogen (secondary N) is 1. The zero-order chi connectivity index (χ0) is 21.3. The molecular formula is C22H22N2O6. The van der Waals surface area contributed by atoms with E-state index in [1.54, 1.807) is 0 Å². The average Bonchev–Trinajstić information content (AvgIpc) is 3.23. The maximum Gasteiger partial charge on any atom is 0.408 e. The molecule has 156 valence electrons. The number of carbonyl (C=O) groups excluding carboxylic acids is 2. The molecule has 8 heteroatoms. The molecular weight excluding hydrogens is 388 g/mol. The lowest BCUT2D eigenvalue weighted by Gasteiger charge is -2.16. The molecule has 0 saturated heterocycles. The lowest BCUT2D eigenvalue weighted by atomic mass is 10.1. The summed E-state index contributed by atoms with van der Waals surface area (Å²) >= 11 is 0. The van der Waals surface area contributed by atoms with E-state index in [0.717, 1.165) is 11.1 Å². The highest BCUT2D eigenvalue weighted by molar-refractivity contribution is 5.89. The molecule has 3 rings (SSSR count). The summed E-state index contributed by atoms with van der Waals surface area (Å²) in [6.07, 6.45) is -0.275. The fraction of sp³-hybridized carbons (Fsp3) is 0.227. The molecule has 0 fully saturated rings. The standard InChI is InChI=1S/C22H22N2O6/c1-27-20(25)18-21(28-2)30-19(24-18)17(13-15-9-5-3-6-10-15)23-22(26)29-14-16-11-7-4-8-12-16/h3-12,17H,13-14H2,1-2H3,(H,23,26)/t17-/m0/s1. The van der Waals surface area contributed by atoms with Crippen LogP contribution < -0.4 is 10.1 Å². The highest BCUT2D eigenvalue weighted by atomic mass is 16.6. The molecule has 0 unspecified atom stereocenters. The van der Waals surface area contributed by atoms with Crippen LogP contribution in [0.2, 0.25) is 0 Å². The zero-order valence-corrected chi connectivity index (χ0v) is 16.7. The van der Waals surface area contributed by atoms with Gasteiger partial charge in [0.1, 0.15) is 12.6 Å². The summed E-state index contributed by atoms with van der Waals surface area (Å²) < 4.78 is 20.7. The second-order valence-electron chi connectivity index (χ2n) is 6.33. The van der Waals surface area contributed by atoms with Gasteiger partial charge < -0.3 is 23.9 Å². The molecule has 0 spiro atoms. The Labute approximate surface area is 173 Å². The van der Waals surface area contributed by atoms with Crippen LogP contribution in [0, 0.1) is 0 Å². The number of oxazole rings is 1. The summed E-state index contributed by atoms with van der Waals surface area (Å²) in [6.45, 7) is 0.118. The summed E-state index contributed by atoms with van der Waals surface area (Å²) in [5, 5.41) is 2.75. The monoisotopic (exact) mass is 410 g/mol. The van der Waals surface area contributed by atoms with Crippen molar-refractivity contribution >= 4 is 12.1 Å². The smallest absolute Gasteiger partial charge is 0.408 e. The van der Waals surface area contributed by atoms with E-state index in [2.05, 4.69) is 10.3 Å². The summed E-state index contributed by atoms with van der Waals surface area (Å²) in [7, 11) is 2.58. The Morgan fingerprint density at radius 2 is 1.63 bits per heavy atom. The van der Waals surface area contributed by atoms with Crippen molar-refractivity contribution in [3.63, 3.8) is 0 Å². The van der Waals surface area contributed by atoms with Gasteiger partial charge in [0.2, 0.25) is 11.6 Å². The van der Waals surface area contributed by atoms with Crippen molar-refractivity contribution in [3.05, 3.63) is 83.4 Å². The third kappa shape index (κ3) is 5.38. The van der Waals surface area contributed by atoms with Crippen molar-refractivity contribution in [2.24, 2.45) is 0 Å². The molecule has 0 aliphatic carbocycles. The minimum absolute atomic E-state index is 0.0886. The SMILES string of the molecule is COC(=O)c1nc([C@H](Cc2ccccc2)NC(=O)OCc2ccccc2)oc1OC. The Kier molecular flexibility index (Phi) is 7.05. The van der Waals surface area contributed by atoms with Gasteiger partial charge in [0.05, 0.1) is 14.2 Å². The predicted molar refractivity (Wildman–Crippen MR) is 107 cm³/mol. The van der Waals surface area contributed by atoms with Gasteiger partial charge in [0, 0.05) is 6.42 Å². The first-order chi connectivity index (χ1) is 14.6. The second-order valence-corrected chi connectivity index (χ2v) is 6.33. The number of benzene rings is 2. The number of alkyl carbamates (subject to hydrolysis) is 1. The van der Waals surface area contributed by atoms with E-state index in [9.17, 15) is 9.59 Å². The van der Waals surface area contributed by atoms with Gasteiger partial charge in [0.15, 0.2) is 0 Å². The number of ether oxygens (including phenoxy) is 3. The number of carbonyl (C=O) groups is 2. The molecule has 1 aromatic heterocycles. The van der Waals surface area contributed by atoms with Crippen LogP contribution in [0.3, 0.4) is 0 Å². The third-order valence-electron chi connectivity index (χ3n) is 4.26. The molecule has 0 aliphatic heterocycles. The molecule has 0 saturated carbocycles. The first-order valence-electron chi connectivity index (χ1n) is 9.25. The number of nitrogens with zero attached hydrogens (tertiary/aromatic N) is 1. The summed E-state index contributed by atoms with van der Waals surface area (Å²) in [4.78, 5) is 28.5. The van der Waals surface area contributed by atoms with Gasteiger partial charge in [-0.1, -0.05) is 60.7 Å². The molecule has 1 amide bonds. The van der Waals surface area contributed by atoms with E-state index in [1.807, 2.05) is 60.7 Å². The number of esters is 1. The van der Waals surface area contributed by atoms with Crippen molar-refractivity contribution in [1.29, 1.82) is 0 Å². The molecule has 0 bridgehead atoms. The van der Waals surface area contributed by atoms with Crippen molar-refractivity contribution in [1.82, 2.24) is 10.3 Å². The van der Waals surface area contributed by atoms with Crippen LogP contribution in [-0.4, -0.2) is 31.3 Å². The van der Waals surface area contributed by atoms with Crippen molar-refractivity contribution < 1.29 is 28.2 Å². The van der Waals surface area contributed by atoms with E-state index >= 15 is 0 Å². The normalized spacial score (nSPS) is 11.4. The van der Waals surface area contributed by atoms with Gasteiger partial charge in [0.25, 0.3) is 0 Å². The second kappa shape index (κ2) is 10.1. The van der Waals surface area contributed by atoms with Crippen molar-refractivity contribution in [2.75, 3.05) is 14.2 Å². The van der Waals surface area contributed by atoms with E-state index < -0.39 is 18.1 Å². The molecule has 0 aliphatic rings. The summed E-state index contributed by atoms with van der Waals surface area (Å²) in [5.41, 5.74) is 1.69. The topological polar surface area (TPSA) is 99.9 Å². The number of methoxy groups -OCH3 is 2. The largest absolute Gasteiger partial charge is 0.467 e. The minimum atomic E-state index is -0.702. The molecule has 30 heavy (non-hydrogen) atoms. The molecule has 0 radical (unpaired) electrons. The Morgan fingerprint density at radius 1 is 1.00 bits per heavy atom. The predicted octanol–water partition coefficient (Wildman–Crippen LogP) is 3.68. The van der Waals surface area contributed by atoms with Crippen LogP contribution >= 0.6 is 0 Å². The molecule has 3 aromatic rings. The Bertz CT molecular complexity index is 972. The molecule has 2 aromatic carbocycles. The van der Waals surface area contributed by atoms with Crippen LogP contribution in [0.1, 0.15) is 33.5 Å². The van der Waals surface area contributed by atoms with E-state index in [-0.39, 0.29) is 24.1 Å². The molecule has 1 N–H and O–H groups in total. The summed E-state index contributed by atoms with van der Waals surface area (Å²) in [5.74, 6) is -0.686. The Hall–Kier alpha value is -3.81. The van der Waals surface area contributed by atoms with Crippen LogP contribution in [0.15, 0.2) is 65.1 Å². The van der Waals surface area contributed by atoms with Gasteiger partial charge in [-0.3, -0.25) is 0 Å². The van der Waals surface area contributed by atoms with Crippen LogP contribution in [0.4, 0.5) is 4.79 Å². The Morgan fingerprint density at radius 3 is 2.23 bits per heavy atom. The lowest BCUT2D eigenvalue weighted by Crippen LogP contribution is -2.30. The molecule has 8 nitrogen and oxygen atoms in total. The van der Waals surface area contributed by atoms with Gasteiger partial charge in [-0.2, -0.15) is 0 Å². The Balaban J connectivity index is 1.79. The molecule has 1 heterocycles. The first kappa shape index (κ1) is 20.9. The number of aromatic nitrogens is 1. The lowest BCUT2D eigenvalue weighted by molar-refractivity contribution is 0.0588. The van der Waals surface area contributed by atoms with E-state index in [0.29, 0.717) is 6.42 Å². The number of amides is 1. The zero-order valence-electron chi connectivity index (χ0n) is 16.7. The van der Waals surface area contributed by atoms with Crippen LogP contribution in [0.5, 0.6) is 5.95 Å². The maximum atomic E-state index is 12.4. The number of hydrogen-bond donors (Lipinski definition) is 1. The average molecular weight is 410 g/mol. The van der Waals surface area contributed by atoms with E-state index in [1.165, 1.54) is 14.2 Å². The van der Waals surface area contributed by atoms with Gasteiger partial charge in [-0.25, -0.2) is 14.6 Å². The fourth-order valence-corrected chi connectivity index (χ4v) is 2.79.